The Kier molecular flexibility index (Phi) is 7.05. The van der Waals surface area contributed by atoms with Crippen molar-refractivity contribution in [2.75, 3.05) is 18.4 Å². The van der Waals surface area contributed by atoms with Crippen molar-refractivity contribution < 1.29 is 13.9 Å². The van der Waals surface area contributed by atoms with E-state index >= 15 is 0 Å². The first-order valence-corrected chi connectivity index (χ1v) is 11.7. The molecule has 2 aromatic rings. The zero-order chi connectivity index (χ0) is 24.6. The van der Waals surface area contributed by atoms with E-state index in [1.54, 1.807) is 17.9 Å². The predicted molar refractivity (Wildman–Crippen MR) is 128 cm³/mol. The summed E-state index contributed by atoms with van der Waals surface area (Å²) in [4.78, 5) is 18.6. The quantitative estimate of drug-likeness (QED) is 0.633. The van der Waals surface area contributed by atoms with Gasteiger partial charge in [-0.05, 0) is 92.2 Å². The van der Waals surface area contributed by atoms with E-state index in [1.165, 1.54) is 0 Å². The first-order valence-electron chi connectivity index (χ1n) is 11.7. The van der Waals surface area contributed by atoms with Crippen LogP contribution in [0.1, 0.15) is 71.3 Å². The number of pyridine rings is 1. The zero-order valence-electron chi connectivity index (χ0n) is 21.3. The number of nitrogens with one attached hydrogen (secondary N) is 1. The van der Waals surface area contributed by atoms with Crippen LogP contribution in [0.4, 0.5) is 20.8 Å². The van der Waals surface area contributed by atoms with Crippen LogP contribution in [-0.4, -0.2) is 44.4 Å². The predicted octanol–water partition coefficient (Wildman–Crippen LogP) is 5.72. The number of aromatic nitrogens is 3. The highest BCUT2D eigenvalue weighted by Crippen LogP contribution is 2.27. The molecule has 1 amide bonds. The third kappa shape index (κ3) is 6.45. The number of amides is 1. The molecule has 0 aromatic carbocycles. The summed E-state index contributed by atoms with van der Waals surface area (Å²) in [5, 5.41) is 7.89. The SMILES string of the molecule is Cc1cc(Nc2cc(C)n(C(C)(C)C)n2)nc(CC2CCN(C(=O)OC(C)(C)C)CC2)c1F. The molecule has 1 saturated heterocycles. The number of halogens is 1. The number of carbonyl (C=O) groups excluding carboxylic acids is 1. The van der Waals surface area contributed by atoms with Gasteiger partial charge in [0, 0.05) is 24.8 Å². The molecule has 33 heavy (non-hydrogen) atoms. The van der Waals surface area contributed by atoms with Crippen molar-refractivity contribution in [3.05, 3.63) is 34.9 Å². The highest BCUT2D eigenvalue weighted by atomic mass is 19.1. The van der Waals surface area contributed by atoms with Gasteiger partial charge >= 0.3 is 6.09 Å². The molecule has 1 fully saturated rings. The van der Waals surface area contributed by atoms with Crippen LogP contribution in [0.3, 0.4) is 0 Å². The normalized spacial score (nSPS) is 15.6. The van der Waals surface area contributed by atoms with Gasteiger partial charge in [0.05, 0.1) is 11.2 Å². The highest BCUT2D eigenvalue weighted by Gasteiger charge is 2.28. The number of aryl methyl sites for hydroxylation is 2. The Morgan fingerprint density at radius 3 is 2.30 bits per heavy atom. The molecule has 0 bridgehead atoms. The molecule has 0 saturated carbocycles. The van der Waals surface area contributed by atoms with E-state index < -0.39 is 5.60 Å². The maximum Gasteiger partial charge on any atom is 0.410 e. The Bertz CT molecular complexity index is 995. The van der Waals surface area contributed by atoms with Crippen LogP contribution in [0, 0.1) is 25.6 Å². The van der Waals surface area contributed by atoms with Gasteiger partial charge in [-0.2, -0.15) is 5.10 Å². The minimum absolute atomic E-state index is 0.129. The number of ether oxygens (including phenoxy) is 1. The fraction of sp³-hybridized carbons (Fsp3) is 0.640. The van der Waals surface area contributed by atoms with Crippen LogP contribution in [-0.2, 0) is 16.7 Å². The van der Waals surface area contributed by atoms with Crippen LogP contribution in [0.2, 0.25) is 0 Å². The first kappa shape index (κ1) is 25.0. The lowest BCUT2D eigenvalue weighted by atomic mass is 9.91. The molecule has 1 N–H and O–H groups in total. The molecule has 0 unspecified atom stereocenters. The third-order valence-corrected chi connectivity index (χ3v) is 5.74. The molecule has 0 spiro atoms. The second-order valence-electron chi connectivity index (χ2n) is 11.1. The van der Waals surface area contributed by atoms with Crippen molar-refractivity contribution in [3.63, 3.8) is 0 Å². The van der Waals surface area contributed by atoms with Crippen molar-refractivity contribution in [2.24, 2.45) is 5.92 Å². The molecule has 1 aliphatic heterocycles. The fourth-order valence-electron chi connectivity index (χ4n) is 4.19. The average molecular weight is 460 g/mol. The second kappa shape index (κ2) is 9.31. The lowest BCUT2D eigenvalue weighted by Crippen LogP contribution is -2.42. The second-order valence-corrected chi connectivity index (χ2v) is 11.1. The highest BCUT2D eigenvalue weighted by molar-refractivity contribution is 5.68. The van der Waals surface area contributed by atoms with Crippen molar-refractivity contribution >= 4 is 17.7 Å². The van der Waals surface area contributed by atoms with E-state index in [9.17, 15) is 9.18 Å². The zero-order valence-corrected chi connectivity index (χ0v) is 21.3. The third-order valence-electron chi connectivity index (χ3n) is 5.74. The van der Waals surface area contributed by atoms with Gasteiger partial charge in [-0.15, -0.1) is 0 Å². The van der Waals surface area contributed by atoms with Crippen molar-refractivity contribution in [1.29, 1.82) is 0 Å². The number of nitrogens with zero attached hydrogens (tertiary/aromatic N) is 4. The Morgan fingerprint density at radius 2 is 1.76 bits per heavy atom. The van der Waals surface area contributed by atoms with E-state index in [-0.39, 0.29) is 23.4 Å². The summed E-state index contributed by atoms with van der Waals surface area (Å²) in [5.41, 5.74) is 1.42. The van der Waals surface area contributed by atoms with Crippen LogP contribution < -0.4 is 5.32 Å². The van der Waals surface area contributed by atoms with Gasteiger partial charge in [0.2, 0.25) is 0 Å². The smallest absolute Gasteiger partial charge is 0.410 e. The van der Waals surface area contributed by atoms with Crippen LogP contribution in [0.15, 0.2) is 12.1 Å². The summed E-state index contributed by atoms with van der Waals surface area (Å²) in [6, 6.07) is 3.69. The van der Waals surface area contributed by atoms with Crippen molar-refractivity contribution in [1.82, 2.24) is 19.7 Å². The van der Waals surface area contributed by atoms with Gasteiger partial charge in [0.15, 0.2) is 5.82 Å². The maximum absolute atomic E-state index is 14.9. The maximum atomic E-state index is 14.9. The van der Waals surface area contributed by atoms with E-state index in [1.807, 2.05) is 38.4 Å². The van der Waals surface area contributed by atoms with E-state index in [0.29, 0.717) is 42.4 Å². The van der Waals surface area contributed by atoms with Crippen LogP contribution in [0.25, 0.3) is 0 Å². The number of carbonyl (C=O) groups is 1. The average Bonchev–Trinajstić information content (AvgIpc) is 3.05. The first-order chi connectivity index (χ1) is 15.2. The molecule has 3 rings (SSSR count). The molecule has 1 aliphatic rings. The largest absolute Gasteiger partial charge is 0.444 e. The monoisotopic (exact) mass is 459 g/mol. The lowest BCUT2D eigenvalue weighted by molar-refractivity contribution is 0.0183. The van der Waals surface area contributed by atoms with Gasteiger partial charge in [0.25, 0.3) is 0 Å². The molecule has 0 radical (unpaired) electrons. The molecule has 182 valence electrons. The summed E-state index contributed by atoms with van der Waals surface area (Å²) < 4.78 is 22.3. The van der Waals surface area contributed by atoms with Gasteiger partial charge in [-0.1, -0.05) is 0 Å². The van der Waals surface area contributed by atoms with Crippen molar-refractivity contribution in [3.8, 4) is 0 Å². The summed E-state index contributed by atoms with van der Waals surface area (Å²) in [7, 11) is 0. The lowest BCUT2D eigenvalue weighted by Gasteiger charge is -2.33. The summed E-state index contributed by atoms with van der Waals surface area (Å²) in [6.45, 7) is 16.9. The van der Waals surface area contributed by atoms with Gasteiger partial charge in [0.1, 0.15) is 17.2 Å². The molecule has 0 aliphatic carbocycles. The molecule has 7 nitrogen and oxygen atoms in total. The summed E-state index contributed by atoms with van der Waals surface area (Å²) in [5.74, 6) is 1.29. The Morgan fingerprint density at radius 1 is 1.12 bits per heavy atom. The molecule has 8 heteroatoms. The Balaban J connectivity index is 1.67. The summed E-state index contributed by atoms with van der Waals surface area (Å²) >= 11 is 0. The van der Waals surface area contributed by atoms with Crippen molar-refractivity contribution in [2.45, 2.75) is 85.8 Å². The number of hydrogen-bond acceptors (Lipinski definition) is 5. The van der Waals surface area contributed by atoms with Crippen LogP contribution in [0.5, 0.6) is 0 Å². The molecule has 0 atom stereocenters. The Labute approximate surface area is 196 Å². The Hall–Kier alpha value is -2.64. The van der Waals surface area contributed by atoms with Gasteiger partial charge in [-0.25, -0.2) is 14.2 Å². The minimum Gasteiger partial charge on any atom is -0.444 e. The van der Waals surface area contributed by atoms with E-state index in [4.69, 9.17) is 4.74 Å². The summed E-state index contributed by atoms with van der Waals surface area (Å²) in [6.07, 6.45) is 1.86. The minimum atomic E-state index is -0.507. The molecule has 2 aromatic heterocycles. The molecular formula is C25H38FN5O2. The number of rotatable bonds is 4. The van der Waals surface area contributed by atoms with Gasteiger partial charge in [-0.3, -0.25) is 4.68 Å². The van der Waals surface area contributed by atoms with Gasteiger partial charge < -0.3 is 15.0 Å². The van der Waals surface area contributed by atoms with E-state index in [2.05, 4.69) is 36.2 Å². The standard InChI is InChI=1S/C25H38FN5O2/c1-16-13-20(28-21-14-17(2)31(29-21)24(3,4)5)27-19(22(16)26)15-18-9-11-30(12-10-18)23(32)33-25(6,7)8/h13-14,18H,9-12,15H2,1-8H3,(H,27,28,29). The topological polar surface area (TPSA) is 72.3 Å². The number of piperidine rings is 1. The number of anilines is 2. The fourth-order valence-corrected chi connectivity index (χ4v) is 4.19. The molecule has 3 heterocycles. The molecular weight excluding hydrogens is 421 g/mol. The van der Waals surface area contributed by atoms with Crippen LogP contribution >= 0.6 is 0 Å². The number of likely N-dealkylation sites (tertiary alicyclic amines) is 1. The van der Waals surface area contributed by atoms with E-state index in [0.717, 1.165) is 18.5 Å². The number of hydrogen-bond donors (Lipinski definition) is 1.